The molecule has 168 valence electrons. The number of benzene rings is 2. The highest BCUT2D eigenvalue weighted by molar-refractivity contribution is 14.0. The smallest absolute Gasteiger partial charge is 0.191 e. The standard InChI is InChI=1S/C25H28N4O2.HI/c1-30-21-10-8-19(9-11-21)17-29-25(27-15-13-22-5-4-16-31-22)26-14-12-20-18-28-24-7-3-2-6-23(20)24;/h2-11,16,18,28H,12-15,17H2,1H3,(H2,26,27,29);1H. The zero-order valence-corrected chi connectivity index (χ0v) is 20.5. The third-order valence-electron chi connectivity index (χ3n) is 5.18. The maximum Gasteiger partial charge on any atom is 0.191 e. The van der Waals surface area contributed by atoms with Crippen LogP contribution in [0.3, 0.4) is 0 Å². The third-order valence-corrected chi connectivity index (χ3v) is 5.18. The summed E-state index contributed by atoms with van der Waals surface area (Å²) in [5.74, 6) is 2.60. The lowest BCUT2D eigenvalue weighted by molar-refractivity contribution is 0.414. The number of hydrogen-bond donors (Lipinski definition) is 3. The molecule has 0 aliphatic carbocycles. The Bertz CT molecular complexity index is 1100. The van der Waals surface area contributed by atoms with E-state index in [0.29, 0.717) is 6.54 Å². The Kier molecular flexibility index (Phi) is 9.03. The molecule has 0 aliphatic rings. The van der Waals surface area contributed by atoms with E-state index in [4.69, 9.17) is 14.1 Å². The topological polar surface area (TPSA) is 74.6 Å². The van der Waals surface area contributed by atoms with Gasteiger partial charge in [0, 0.05) is 36.6 Å². The molecule has 6 nitrogen and oxygen atoms in total. The predicted molar refractivity (Wildman–Crippen MR) is 140 cm³/mol. The summed E-state index contributed by atoms with van der Waals surface area (Å²) in [4.78, 5) is 8.10. The van der Waals surface area contributed by atoms with Gasteiger partial charge in [-0.2, -0.15) is 0 Å². The van der Waals surface area contributed by atoms with Crippen LogP contribution in [0.1, 0.15) is 16.9 Å². The zero-order valence-electron chi connectivity index (χ0n) is 18.1. The van der Waals surface area contributed by atoms with Gasteiger partial charge in [0.1, 0.15) is 11.5 Å². The first-order valence-electron chi connectivity index (χ1n) is 10.5. The van der Waals surface area contributed by atoms with Gasteiger partial charge in [0.05, 0.1) is 19.9 Å². The van der Waals surface area contributed by atoms with Crippen LogP contribution in [0, 0.1) is 0 Å². The zero-order chi connectivity index (χ0) is 21.3. The number of guanidine groups is 1. The minimum Gasteiger partial charge on any atom is -0.497 e. The summed E-state index contributed by atoms with van der Waals surface area (Å²) in [5.41, 5.74) is 3.60. The molecule has 0 spiro atoms. The highest BCUT2D eigenvalue weighted by Gasteiger charge is 2.05. The van der Waals surface area contributed by atoms with Crippen LogP contribution in [0.25, 0.3) is 10.9 Å². The molecule has 0 amide bonds. The molecule has 2 aromatic heterocycles. The first-order chi connectivity index (χ1) is 15.3. The highest BCUT2D eigenvalue weighted by atomic mass is 127. The molecular formula is C25H29IN4O2. The van der Waals surface area contributed by atoms with Gasteiger partial charge in [0.25, 0.3) is 0 Å². The van der Waals surface area contributed by atoms with Crippen molar-refractivity contribution in [1.29, 1.82) is 0 Å². The Balaban J connectivity index is 0.00000289. The Labute approximate surface area is 205 Å². The van der Waals surface area contributed by atoms with Crippen LogP contribution < -0.4 is 15.4 Å². The molecule has 0 bridgehead atoms. The van der Waals surface area contributed by atoms with E-state index in [1.165, 1.54) is 16.5 Å². The number of nitrogens with zero attached hydrogens (tertiary/aromatic N) is 1. The van der Waals surface area contributed by atoms with E-state index in [9.17, 15) is 0 Å². The first-order valence-corrected chi connectivity index (χ1v) is 10.5. The van der Waals surface area contributed by atoms with Crippen LogP contribution in [0.4, 0.5) is 0 Å². The number of aromatic nitrogens is 1. The largest absolute Gasteiger partial charge is 0.497 e. The minimum absolute atomic E-state index is 0. The van der Waals surface area contributed by atoms with Crippen molar-refractivity contribution in [2.45, 2.75) is 19.4 Å². The molecule has 4 rings (SSSR count). The number of halogens is 1. The molecule has 3 N–H and O–H groups in total. The molecule has 7 heteroatoms. The van der Waals surface area contributed by atoms with E-state index < -0.39 is 0 Å². The highest BCUT2D eigenvalue weighted by Crippen LogP contribution is 2.17. The molecule has 0 aliphatic heterocycles. The molecule has 4 aromatic rings. The number of hydrogen-bond acceptors (Lipinski definition) is 3. The van der Waals surface area contributed by atoms with Gasteiger partial charge in [0.15, 0.2) is 5.96 Å². The summed E-state index contributed by atoms with van der Waals surface area (Å²) in [6.45, 7) is 2.12. The van der Waals surface area contributed by atoms with Gasteiger partial charge in [-0.15, -0.1) is 24.0 Å². The number of rotatable bonds is 9. The van der Waals surface area contributed by atoms with Crippen molar-refractivity contribution >= 4 is 40.8 Å². The van der Waals surface area contributed by atoms with Gasteiger partial charge in [-0.05, 0) is 47.9 Å². The Morgan fingerprint density at radius 2 is 1.75 bits per heavy atom. The van der Waals surface area contributed by atoms with Crippen molar-refractivity contribution in [2.75, 3.05) is 20.2 Å². The molecule has 0 atom stereocenters. The summed E-state index contributed by atoms with van der Waals surface area (Å²) in [5, 5.41) is 8.15. The lowest BCUT2D eigenvalue weighted by Gasteiger charge is -2.12. The number of para-hydroxylation sites is 1. The molecule has 2 aromatic carbocycles. The molecule has 2 heterocycles. The fourth-order valence-corrected chi connectivity index (χ4v) is 3.49. The van der Waals surface area contributed by atoms with Gasteiger partial charge in [-0.1, -0.05) is 30.3 Å². The molecule has 0 unspecified atom stereocenters. The van der Waals surface area contributed by atoms with Gasteiger partial charge in [-0.25, -0.2) is 4.99 Å². The summed E-state index contributed by atoms with van der Waals surface area (Å²) < 4.78 is 10.7. The molecule has 32 heavy (non-hydrogen) atoms. The number of furan rings is 1. The van der Waals surface area contributed by atoms with Gasteiger partial charge >= 0.3 is 0 Å². The van der Waals surface area contributed by atoms with E-state index in [1.54, 1.807) is 13.4 Å². The van der Waals surface area contributed by atoms with Crippen LogP contribution >= 0.6 is 24.0 Å². The second-order valence-corrected chi connectivity index (χ2v) is 7.31. The molecule has 0 saturated carbocycles. The molecule has 0 radical (unpaired) electrons. The first kappa shape index (κ1) is 23.7. The lowest BCUT2D eigenvalue weighted by atomic mass is 10.1. The summed E-state index contributed by atoms with van der Waals surface area (Å²) >= 11 is 0. The normalized spacial score (nSPS) is 11.2. The van der Waals surface area contributed by atoms with E-state index in [1.807, 2.05) is 42.5 Å². The summed E-state index contributed by atoms with van der Waals surface area (Å²) in [6, 6.07) is 20.3. The number of aliphatic imine (C=N–C) groups is 1. The van der Waals surface area contributed by atoms with Crippen molar-refractivity contribution in [3.05, 3.63) is 90.0 Å². The minimum atomic E-state index is 0. The lowest BCUT2D eigenvalue weighted by Crippen LogP contribution is -2.39. The number of aromatic amines is 1. The van der Waals surface area contributed by atoms with Gasteiger partial charge < -0.3 is 24.8 Å². The maximum absolute atomic E-state index is 5.42. The number of methoxy groups -OCH3 is 1. The number of fused-ring (bicyclic) bond motifs is 1. The average molecular weight is 544 g/mol. The number of nitrogens with one attached hydrogen (secondary N) is 3. The van der Waals surface area contributed by atoms with Crippen molar-refractivity contribution in [2.24, 2.45) is 4.99 Å². The molecule has 0 saturated heterocycles. The molecular weight excluding hydrogens is 515 g/mol. The van der Waals surface area contributed by atoms with E-state index >= 15 is 0 Å². The monoisotopic (exact) mass is 544 g/mol. The fraction of sp³-hybridized carbons (Fsp3) is 0.240. The van der Waals surface area contributed by atoms with Gasteiger partial charge in [-0.3, -0.25) is 0 Å². The summed E-state index contributed by atoms with van der Waals surface area (Å²) in [7, 11) is 1.67. The SMILES string of the molecule is COc1ccc(CN=C(NCCc2ccco2)NCCc2c[nH]c3ccccc23)cc1.I. The predicted octanol–water partition coefficient (Wildman–Crippen LogP) is 4.91. The van der Waals surface area contributed by atoms with Crippen LogP contribution in [0.5, 0.6) is 5.75 Å². The quantitative estimate of drug-likeness (QED) is 0.159. The fourth-order valence-electron chi connectivity index (χ4n) is 3.49. The Morgan fingerprint density at radius 3 is 2.50 bits per heavy atom. The maximum atomic E-state index is 5.42. The number of H-pyrrole nitrogens is 1. The number of ether oxygens (including phenoxy) is 1. The van der Waals surface area contributed by atoms with E-state index in [2.05, 4.69) is 40.0 Å². The van der Waals surface area contributed by atoms with Crippen molar-refractivity contribution in [3.63, 3.8) is 0 Å². The van der Waals surface area contributed by atoms with Gasteiger partial charge in [0.2, 0.25) is 0 Å². The second kappa shape index (κ2) is 12.2. The van der Waals surface area contributed by atoms with Crippen molar-refractivity contribution in [1.82, 2.24) is 15.6 Å². The van der Waals surface area contributed by atoms with E-state index in [-0.39, 0.29) is 24.0 Å². The summed E-state index contributed by atoms with van der Waals surface area (Å²) in [6.07, 6.45) is 5.50. The van der Waals surface area contributed by atoms with Crippen molar-refractivity contribution < 1.29 is 9.15 Å². The Hall–Kier alpha value is -2.94. The second-order valence-electron chi connectivity index (χ2n) is 7.31. The van der Waals surface area contributed by atoms with Crippen LogP contribution in [0.2, 0.25) is 0 Å². The van der Waals surface area contributed by atoms with Crippen molar-refractivity contribution in [3.8, 4) is 5.75 Å². The Morgan fingerprint density at radius 1 is 0.969 bits per heavy atom. The van der Waals surface area contributed by atoms with Crippen LogP contribution in [-0.2, 0) is 19.4 Å². The third kappa shape index (κ3) is 6.53. The molecule has 0 fully saturated rings. The average Bonchev–Trinajstić information content (AvgIpc) is 3.48. The van der Waals surface area contributed by atoms with Crippen LogP contribution in [-0.4, -0.2) is 31.1 Å². The van der Waals surface area contributed by atoms with Crippen LogP contribution in [0.15, 0.2) is 82.5 Å². The van der Waals surface area contributed by atoms with E-state index in [0.717, 1.165) is 49.0 Å².